The molecule has 0 saturated heterocycles. The van der Waals surface area contributed by atoms with Crippen molar-refractivity contribution in [1.82, 2.24) is 15.1 Å². The minimum absolute atomic E-state index is 0.00404. The molecule has 1 amide bonds. The Morgan fingerprint density at radius 3 is 2.43 bits per heavy atom. The highest BCUT2D eigenvalue weighted by molar-refractivity contribution is 5.93. The van der Waals surface area contributed by atoms with Crippen molar-refractivity contribution in [2.24, 2.45) is 11.3 Å². The van der Waals surface area contributed by atoms with Crippen LogP contribution in [0.25, 0.3) is 5.69 Å². The van der Waals surface area contributed by atoms with Gasteiger partial charge in [-0.1, -0.05) is 64.1 Å². The van der Waals surface area contributed by atoms with Gasteiger partial charge >= 0.3 is 5.97 Å². The average Bonchev–Trinajstić information content (AvgIpc) is 3.21. The lowest BCUT2D eigenvalue weighted by Crippen LogP contribution is -2.31. The number of ether oxygens (including phenoxy) is 1. The maximum atomic E-state index is 14.6. The maximum absolute atomic E-state index is 14.6. The summed E-state index contributed by atoms with van der Waals surface area (Å²) in [4.78, 5) is 24.7. The van der Waals surface area contributed by atoms with Crippen LogP contribution in [0, 0.1) is 24.1 Å². The summed E-state index contributed by atoms with van der Waals surface area (Å²) >= 11 is 0. The zero-order valence-electron chi connectivity index (χ0n) is 20.7. The second-order valence-corrected chi connectivity index (χ2v) is 9.79. The number of carbonyl (C=O) groups excluding carboxylic acids is 1. The highest BCUT2D eigenvalue weighted by Crippen LogP contribution is 2.28. The number of nitrogens with one attached hydrogen (secondary N) is 1. The molecule has 0 aliphatic rings. The van der Waals surface area contributed by atoms with Crippen LogP contribution in [0.4, 0.5) is 4.39 Å². The van der Waals surface area contributed by atoms with E-state index in [1.165, 1.54) is 16.8 Å². The number of hydrogen-bond acceptors (Lipinski definition) is 4. The van der Waals surface area contributed by atoms with Crippen LogP contribution in [-0.2, 0) is 4.79 Å². The standard InChI is InChI=1S/C27H32FN3O4/c1-17-10-6-7-11-19(17)21(15-25(32)33)29-26(34)22-14-24(35-16-18(2)27(3,4)5)31(30-22)23-13-9-8-12-20(23)28/h6-14,18,21H,15-16H2,1-5H3,(H,29,34)(H,32,33). The molecule has 0 radical (unpaired) electrons. The fraction of sp³-hybridized carbons (Fsp3) is 0.370. The van der Waals surface area contributed by atoms with Gasteiger partial charge in [-0.25, -0.2) is 4.39 Å². The van der Waals surface area contributed by atoms with E-state index in [1.807, 2.05) is 19.1 Å². The first-order chi connectivity index (χ1) is 16.5. The van der Waals surface area contributed by atoms with Crippen molar-refractivity contribution in [3.05, 3.63) is 77.2 Å². The monoisotopic (exact) mass is 481 g/mol. The number of aryl methyl sites for hydroxylation is 1. The fourth-order valence-corrected chi connectivity index (χ4v) is 3.46. The lowest BCUT2D eigenvalue weighted by molar-refractivity contribution is -0.137. The summed E-state index contributed by atoms with van der Waals surface area (Å²) in [7, 11) is 0. The number of rotatable bonds is 9. The first kappa shape index (κ1) is 25.9. The van der Waals surface area contributed by atoms with E-state index in [0.717, 1.165) is 5.56 Å². The van der Waals surface area contributed by atoms with Gasteiger partial charge in [-0.3, -0.25) is 9.59 Å². The number of aliphatic carboxylic acids is 1. The molecule has 3 rings (SSSR count). The molecule has 0 bridgehead atoms. The van der Waals surface area contributed by atoms with E-state index in [9.17, 15) is 19.1 Å². The largest absolute Gasteiger partial charge is 0.481 e. The van der Waals surface area contributed by atoms with Crippen molar-refractivity contribution in [2.45, 2.75) is 47.1 Å². The Morgan fingerprint density at radius 1 is 1.14 bits per heavy atom. The molecule has 2 N–H and O–H groups in total. The molecule has 1 heterocycles. The number of hydrogen-bond donors (Lipinski definition) is 2. The molecule has 0 fully saturated rings. The lowest BCUT2D eigenvalue weighted by atomic mass is 9.83. The number of para-hydroxylation sites is 1. The Hall–Kier alpha value is -3.68. The summed E-state index contributed by atoms with van der Waals surface area (Å²) in [6, 6.07) is 14.0. The van der Waals surface area contributed by atoms with Gasteiger partial charge in [0.1, 0.15) is 11.5 Å². The van der Waals surface area contributed by atoms with E-state index in [0.29, 0.717) is 12.2 Å². The van der Waals surface area contributed by atoms with Crippen molar-refractivity contribution < 1.29 is 23.8 Å². The zero-order chi connectivity index (χ0) is 25.8. The second kappa shape index (κ2) is 10.7. The van der Waals surface area contributed by atoms with Crippen molar-refractivity contribution in [2.75, 3.05) is 6.61 Å². The van der Waals surface area contributed by atoms with Gasteiger partial charge in [0, 0.05) is 6.07 Å². The summed E-state index contributed by atoms with van der Waals surface area (Å²) in [5, 5.41) is 16.5. The van der Waals surface area contributed by atoms with E-state index in [2.05, 4.69) is 38.1 Å². The van der Waals surface area contributed by atoms with Crippen LogP contribution in [0.15, 0.2) is 54.6 Å². The SMILES string of the molecule is Cc1ccccc1C(CC(=O)O)NC(=O)c1cc(OCC(C)C(C)(C)C)n(-c2ccccc2F)n1. The molecule has 0 aliphatic heterocycles. The minimum atomic E-state index is -1.05. The van der Waals surface area contributed by atoms with E-state index in [1.54, 1.807) is 30.3 Å². The van der Waals surface area contributed by atoms with E-state index < -0.39 is 23.7 Å². The van der Waals surface area contributed by atoms with Gasteiger partial charge in [0.15, 0.2) is 5.69 Å². The molecule has 8 heteroatoms. The summed E-state index contributed by atoms with van der Waals surface area (Å²) in [5.74, 6) is -1.74. The third-order valence-electron chi connectivity index (χ3n) is 6.20. The van der Waals surface area contributed by atoms with Gasteiger partial charge in [0.25, 0.3) is 5.91 Å². The van der Waals surface area contributed by atoms with Gasteiger partial charge in [-0.15, -0.1) is 0 Å². The van der Waals surface area contributed by atoms with Gasteiger partial charge in [-0.05, 0) is 41.5 Å². The molecular formula is C27H32FN3O4. The zero-order valence-corrected chi connectivity index (χ0v) is 20.7. The summed E-state index contributed by atoms with van der Waals surface area (Å²) < 4.78 is 21.9. The number of carboxylic acid groups (broad SMARTS) is 1. The van der Waals surface area contributed by atoms with Crippen LogP contribution in [0.3, 0.4) is 0 Å². The van der Waals surface area contributed by atoms with Crippen LogP contribution in [0.5, 0.6) is 5.88 Å². The van der Waals surface area contributed by atoms with Crippen LogP contribution < -0.4 is 10.1 Å². The van der Waals surface area contributed by atoms with Crippen LogP contribution in [0.1, 0.15) is 61.8 Å². The summed E-state index contributed by atoms with van der Waals surface area (Å²) in [5.41, 5.74) is 1.69. The minimum Gasteiger partial charge on any atom is -0.481 e. The van der Waals surface area contributed by atoms with Gasteiger partial charge in [0.05, 0.1) is 19.1 Å². The van der Waals surface area contributed by atoms with Crippen molar-refractivity contribution in [1.29, 1.82) is 0 Å². The maximum Gasteiger partial charge on any atom is 0.305 e. The van der Waals surface area contributed by atoms with Crippen LogP contribution in [0.2, 0.25) is 0 Å². The number of aromatic nitrogens is 2. The van der Waals surface area contributed by atoms with Crippen molar-refractivity contribution in [3.63, 3.8) is 0 Å². The Bertz CT molecular complexity index is 1200. The Balaban J connectivity index is 1.94. The summed E-state index contributed by atoms with van der Waals surface area (Å²) in [6.07, 6.45) is -0.295. The molecule has 2 atom stereocenters. The Labute approximate surface area is 204 Å². The number of nitrogens with zero attached hydrogens (tertiary/aromatic N) is 2. The average molecular weight is 482 g/mol. The predicted molar refractivity (Wildman–Crippen MR) is 131 cm³/mol. The molecule has 1 aromatic heterocycles. The normalized spacial score (nSPS) is 13.2. The van der Waals surface area contributed by atoms with Crippen LogP contribution >= 0.6 is 0 Å². The Kier molecular flexibility index (Phi) is 7.94. The molecule has 0 spiro atoms. The quantitative estimate of drug-likeness (QED) is 0.431. The van der Waals surface area contributed by atoms with Crippen molar-refractivity contribution >= 4 is 11.9 Å². The van der Waals surface area contributed by atoms with Gasteiger partial charge < -0.3 is 15.2 Å². The number of amides is 1. The molecule has 0 aliphatic carbocycles. The topological polar surface area (TPSA) is 93.5 Å². The predicted octanol–water partition coefficient (Wildman–Crippen LogP) is 5.33. The second-order valence-electron chi connectivity index (χ2n) is 9.79. The number of halogens is 1. The highest BCUT2D eigenvalue weighted by atomic mass is 19.1. The summed E-state index contributed by atoms with van der Waals surface area (Å²) in [6.45, 7) is 10.5. The molecular weight excluding hydrogens is 449 g/mol. The van der Waals surface area contributed by atoms with Gasteiger partial charge in [0.2, 0.25) is 5.88 Å². The molecule has 186 valence electrons. The van der Waals surface area contributed by atoms with Crippen molar-refractivity contribution in [3.8, 4) is 11.6 Å². The third kappa shape index (κ3) is 6.47. The van der Waals surface area contributed by atoms with Gasteiger partial charge in [-0.2, -0.15) is 9.78 Å². The van der Waals surface area contributed by atoms with E-state index >= 15 is 0 Å². The fourth-order valence-electron chi connectivity index (χ4n) is 3.46. The highest BCUT2D eigenvalue weighted by Gasteiger charge is 2.25. The Morgan fingerprint density at radius 2 is 1.80 bits per heavy atom. The smallest absolute Gasteiger partial charge is 0.305 e. The van der Waals surface area contributed by atoms with Crippen LogP contribution in [-0.4, -0.2) is 33.4 Å². The van der Waals surface area contributed by atoms with E-state index in [4.69, 9.17) is 4.74 Å². The molecule has 2 aromatic carbocycles. The molecule has 7 nitrogen and oxygen atoms in total. The first-order valence-electron chi connectivity index (χ1n) is 11.5. The van der Waals surface area contributed by atoms with E-state index in [-0.39, 0.29) is 35.0 Å². The molecule has 3 aromatic rings. The number of carbonyl (C=O) groups is 2. The lowest BCUT2D eigenvalue weighted by Gasteiger charge is -2.27. The molecule has 35 heavy (non-hydrogen) atoms. The number of carboxylic acids is 1. The third-order valence-corrected chi connectivity index (χ3v) is 6.20. The number of benzene rings is 2. The first-order valence-corrected chi connectivity index (χ1v) is 11.5. The molecule has 2 unspecified atom stereocenters. The molecule has 0 saturated carbocycles.